The molecule has 0 aliphatic heterocycles. The van der Waals surface area contributed by atoms with Crippen molar-refractivity contribution in [1.82, 2.24) is 0 Å². The van der Waals surface area contributed by atoms with Crippen LogP contribution in [0.25, 0.3) is 0 Å². The first kappa shape index (κ1) is 15.5. The molecule has 0 radical (unpaired) electrons. The molecule has 19 heavy (non-hydrogen) atoms. The number of hydrogen-bond donors (Lipinski definition) is 1. The monoisotopic (exact) mass is 290 g/mol. The van der Waals surface area contributed by atoms with E-state index in [1.165, 1.54) is 13.8 Å². The molecule has 2 N–H and O–H groups in total. The van der Waals surface area contributed by atoms with Gasteiger partial charge in [0.05, 0.1) is 16.4 Å². The van der Waals surface area contributed by atoms with Crippen LogP contribution in [0.3, 0.4) is 0 Å². The summed E-state index contributed by atoms with van der Waals surface area (Å²) in [6, 6.07) is 2.73. The van der Waals surface area contributed by atoms with Crippen LogP contribution >= 0.6 is 0 Å². The Morgan fingerprint density at radius 2 is 2.00 bits per heavy atom. The number of nitrogens with zero attached hydrogens (tertiary/aromatic N) is 1. The van der Waals surface area contributed by atoms with Gasteiger partial charge in [-0.25, -0.2) is 12.8 Å². The Balaban J connectivity index is 3.12. The van der Waals surface area contributed by atoms with E-state index in [0.717, 1.165) is 18.2 Å². The molecule has 0 aliphatic rings. The van der Waals surface area contributed by atoms with E-state index in [0.29, 0.717) is 0 Å². The fraction of sp³-hybridized carbons (Fsp3) is 0.455. The molecule has 1 aromatic rings. The SMILES string of the molecule is CC(C)(N)CS(=O)(=O)Cc1cc(F)ccc1[N+](=O)[O-]. The van der Waals surface area contributed by atoms with Gasteiger partial charge < -0.3 is 5.73 Å². The predicted molar refractivity (Wildman–Crippen MR) is 68.8 cm³/mol. The minimum Gasteiger partial charge on any atom is -0.325 e. The second kappa shape index (κ2) is 5.22. The molecular weight excluding hydrogens is 275 g/mol. The third-order valence-electron chi connectivity index (χ3n) is 2.21. The summed E-state index contributed by atoms with van der Waals surface area (Å²) < 4.78 is 36.8. The normalized spacial score (nSPS) is 12.4. The lowest BCUT2D eigenvalue weighted by atomic mass is 10.1. The quantitative estimate of drug-likeness (QED) is 0.652. The molecule has 0 fully saturated rings. The van der Waals surface area contributed by atoms with E-state index in [1.807, 2.05) is 0 Å². The van der Waals surface area contributed by atoms with Crippen LogP contribution < -0.4 is 5.73 Å². The van der Waals surface area contributed by atoms with Gasteiger partial charge in [0.2, 0.25) is 0 Å². The van der Waals surface area contributed by atoms with E-state index >= 15 is 0 Å². The summed E-state index contributed by atoms with van der Waals surface area (Å²) in [7, 11) is -3.66. The van der Waals surface area contributed by atoms with Crippen LogP contribution in [0.15, 0.2) is 18.2 Å². The maximum atomic E-state index is 13.1. The van der Waals surface area contributed by atoms with Gasteiger partial charge in [-0.05, 0) is 26.0 Å². The molecule has 0 aliphatic carbocycles. The maximum absolute atomic E-state index is 13.1. The molecule has 0 bridgehead atoms. The zero-order valence-corrected chi connectivity index (χ0v) is 11.4. The summed E-state index contributed by atoms with van der Waals surface area (Å²) in [5.74, 6) is -1.67. The molecule has 0 saturated carbocycles. The van der Waals surface area contributed by atoms with Gasteiger partial charge in [0.1, 0.15) is 5.82 Å². The van der Waals surface area contributed by atoms with E-state index in [-0.39, 0.29) is 11.3 Å². The van der Waals surface area contributed by atoms with Crippen molar-refractivity contribution in [3.05, 3.63) is 39.7 Å². The van der Waals surface area contributed by atoms with Crippen molar-refractivity contribution in [2.45, 2.75) is 25.1 Å². The molecule has 0 spiro atoms. The molecule has 0 atom stereocenters. The summed E-state index contributed by atoms with van der Waals surface area (Å²) in [5, 5.41) is 10.8. The molecule has 0 unspecified atom stereocenters. The molecule has 6 nitrogen and oxygen atoms in total. The average molecular weight is 290 g/mol. The average Bonchev–Trinajstić information content (AvgIpc) is 2.11. The van der Waals surface area contributed by atoms with E-state index in [9.17, 15) is 22.9 Å². The standard InChI is InChI=1S/C11H15FN2O4S/c1-11(2,13)7-19(17,18)6-8-5-9(12)3-4-10(8)14(15)16/h3-5H,6-7,13H2,1-2H3. The highest BCUT2D eigenvalue weighted by Crippen LogP contribution is 2.22. The van der Waals surface area contributed by atoms with E-state index in [1.54, 1.807) is 0 Å². The summed E-state index contributed by atoms with van der Waals surface area (Å²) >= 11 is 0. The Morgan fingerprint density at radius 3 is 2.47 bits per heavy atom. The molecule has 106 valence electrons. The Morgan fingerprint density at radius 1 is 1.42 bits per heavy atom. The van der Waals surface area contributed by atoms with Gasteiger partial charge in [-0.3, -0.25) is 10.1 Å². The van der Waals surface area contributed by atoms with Crippen molar-refractivity contribution in [1.29, 1.82) is 0 Å². The molecule has 0 heterocycles. The highest BCUT2D eigenvalue weighted by atomic mass is 32.2. The minimum atomic E-state index is -3.66. The van der Waals surface area contributed by atoms with Gasteiger partial charge in [0.15, 0.2) is 9.84 Å². The fourth-order valence-electron chi connectivity index (χ4n) is 1.70. The molecule has 0 saturated heterocycles. The Labute approximate surface area is 110 Å². The lowest BCUT2D eigenvalue weighted by molar-refractivity contribution is -0.385. The number of sulfone groups is 1. The summed E-state index contributed by atoms with van der Waals surface area (Å²) in [6.07, 6.45) is 0. The number of benzene rings is 1. The van der Waals surface area contributed by atoms with Gasteiger partial charge >= 0.3 is 0 Å². The fourth-order valence-corrected chi connectivity index (χ4v) is 3.64. The van der Waals surface area contributed by atoms with Crippen molar-refractivity contribution in [3.8, 4) is 0 Å². The van der Waals surface area contributed by atoms with Crippen LogP contribution in [0.2, 0.25) is 0 Å². The molecular formula is C11H15FN2O4S. The number of rotatable bonds is 5. The number of nitro benzene ring substituents is 1. The molecule has 1 aromatic carbocycles. The third-order valence-corrected chi connectivity index (χ3v) is 4.14. The van der Waals surface area contributed by atoms with Gasteiger partial charge in [-0.15, -0.1) is 0 Å². The Kier molecular flexibility index (Phi) is 4.26. The van der Waals surface area contributed by atoms with Gasteiger partial charge in [-0.2, -0.15) is 0 Å². The van der Waals surface area contributed by atoms with Crippen molar-refractivity contribution in [3.63, 3.8) is 0 Å². The molecule has 1 rings (SSSR count). The van der Waals surface area contributed by atoms with Crippen molar-refractivity contribution >= 4 is 15.5 Å². The van der Waals surface area contributed by atoms with Gasteiger partial charge in [-0.1, -0.05) is 0 Å². The van der Waals surface area contributed by atoms with Gasteiger partial charge in [0, 0.05) is 17.2 Å². The van der Waals surface area contributed by atoms with Crippen LogP contribution in [0, 0.1) is 15.9 Å². The van der Waals surface area contributed by atoms with Crippen LogP contribution in [0.5, 0.6) is 0 Å². The van der Waals surface area contributed by atoms with Crippen LogP contribution in [0.1, 0.15) is 19.4 Å². The summed E-state index contributed by atoms with van der Waals surface area (Å²) in [4.78, 5) is 10.0. The van der Waals surface area contributed by atoms with Crippen molar-refractivity contribution in [2.75, 3.05) is 5.75 Å². The predicted octanol–water partition coefficient (Wildman–Crippen LogP) is 1.39. The van der Waals surface area contributed by atoms with Gasteiger partial charge in [0.25, 0.3) is 5.69 Å². The lowest BCUT2D eigenvalue weighted by Crippen LogP contribution is -2.40. The topological polar surface area (TPSA) is 103 Å². The van der Waals surface area contributed by atoms with E-state index in [4.69, 9.17) is 5.73 Å². The molecule has 0 aromatic heterocycles. The van der Waals surface area contributed by atoms with Crippen LogP contribution in [-0.4, -0.2) is 24.6 Å². The Hall–Kier alpha value is -1.54. The van der Waals surface area contributed by atoms with E-state index < -0.39 is 37.6 Å². The number of nitro groups is 1. The highest BCUT2D eigenvalue weighted by Gasteiger charge is 2.26. The van der Waals surface area contributed by atoms with E-state index in [2.05, 4.69) is 0 Å². The van der Waals surface area contributed by atoms with Crippen LogP contribution in [0.4, 0.5) is 10.1 Å². The largest absolute Gasteiger partial charge is 0.325 e. The zero-order chi connectivity index (χ0) is 14.8. The first-order valence-corrected chi connectivity index (χ1v) is 7.24. The first-order valence-electron chi connectivity index (χ1n) is 5.42. The smallest absolute Gasteiger partial charge is 0.273 e. The van der Waals surface area contributed by atoms with Crippen molar-refractivity contribution in [2.24, 2.45) is 5.73 Å². The molecule has 0 amide bonds. The minimum absolute atomic E-state index is 0.172. The lowest BCUT2D eigenvalue weighted by Gasteiger charge is -2.18. The maximum Gasteiger partial charge on any atom is 0.273 e. The summed E-state index contributed by atoms with van der Waals surface area (Å²) in [6.45, 7) is 3.06. The number of nitrogens with two attached hydrogens (primary N) is 1. The first-order chi connectivity index (χ1) is 8.50. The summed E-state index contributed by atoms with van der Waals surface area (Å²) in [5.41, 5.74) is 4.07. The number of hydrogen-bond acceptors (Lipinski definition) is 5. The highest BCUT2D eigenvalue weighted by molar-refractivity contribution is 7.90. The zero-order valence-electron chi connectivity index (χ0n) is 10.6. The molecule has 8 heteroatoms. The Bertz CT molecular complexity index is 593. The van der Waals surface area contributed by atoms with Crippen LogP contribution in [-0.2, 0) is 15.6 Å². The third kappa shape index (κ3) is 4.92. The van der Waals surface area contributed by atoms with Crippen molar-refractivity contribution < 1.29 is 17.7 Å². The number of halogens is 1. The second-order valence-corrected chi connectivity index (χ2v) is 7.12. The second-order valence-electron chi connectivity index (χ2n) is 5.05.